The van der Waals surface area contributed by atoms with Gasteiger partial charge in [0.15, 0.2) is 17.3 Å². The Morgan fingerprint density at radius 3 is 2.41 bits per heavy atom. The third-order valence-electron chi connectivity index (χ3n) is 5.29. The van der Waals surface area contributed by atoms with Crippen LogP contribution in [0.4, 0.5) is 5.69 Å². The van der Waals surface area contributed by atoms with Gasteiger partial charge in [-0.3, -0.25) is 13.8 Å². The summed E-state index contributed by atoms with van der Waals surface area (Å²) in [6, 6.07) is 22.6. The van der Waals surface area contributed by atoms with Gasteiger partial charge in [-0.25, -0.2) is 0 Å². The molecule has 0 radical (unpaired) electrons. The van der Waals surface area contributed by atoms with E-state index in [4.69, 9.17) is 9.47 Å². The van der Waals surface area contributed by atoms with Crippen molar-refractivity contribution in [3.05, 3.63) is 89.0 Å². The summed E-state index contributed by atoms with van der Waals surface area (Å²) >= 11 is 0. The molecule has 5 rings (SSSR count). The summed E-state index contributed by atoms with van der Waals surface area (Å²) in [7, 11) is 3.32. The molecule has 2 aromatic heterocycles. The van der Waals surface area contributed by atoms with Crippen LogP contribution in [0.5, 0.6) is 17.2 Å². The van der Waals surface area contributed by atoms with E-state index in [9.17, 15) is 4.79 Å². The molecule has 0 unspecified atom stereocenters. The van der Waals surface area contributed by atoms with E-state index in [1.807, 2.05) is 77.2 Å². The standard InChI is InChI=1S/C24H21N5O3/c1-28-23(30)18-7-3-4-8-19(18)29-22(26-27-24(28)29)15-25-16-11-13-17(14-12-16)32-21-10-6-5-9-20(21)31-2/h3-14,25H,15H2,1-2H3. The SMILES string of the molecule is COc1ccccc1Oc1ccc(NCc2nnc3n(C)c(=O)c4ccccc4n23)cc1. The lowest BCUT2D eigenvalue weighted by atomic mass is 10.2. The van der Waals surface area contributed by atoms with E-state index in [-0.39, 0.29) is 5.56 Å². The van der Waals surface area contributed by atoms with Crippen molar-refractivity contribution in [2.24, 2.45) is 7.05 Å². The first-order chi connectivity index (χ1) is 15.7. The highest BCUT2D eigenvalue weighted by atomic mass is 16.5. The Hall–Kier alpha value is -4.33. The fourth-order valence-electron chi connectivity index (χ4n) is 3.66. The Bertz CT molecular complexity index is 1470. The van der Waals surface area contributed by atoms with Crippen molar-refractivity contribution in [2.75, 3.05) is 12.4 Å². The molecule has 5 aromatic rings. The minimum atomic E-state index is -0.0920. The number of ether oxygens (including phenoxy) is 2. The highest BCUT2D eigenvalue weighted by molar-refractivity contribution is 5.80. The van der Waals surface area contributed by atoms with E-state index < -0.39 is 0 Å². The molecular formula is C24H21N5O3. The van der Waals surface area contributed by atoms with E-state index in [0.717, 1.165) is 11.2 Å². The zero-order valence-corrected chi connectivity index (χ0v) is 17.6. The fourth-order valence-corrected chi connectivity index (χ4v) is 3.66. The summed E-state index contributed by atoms with van der Waals surface area (Å²) in [6.07, 6.45) is 0. The highest BCUT2D eigenvalue weighted by Crippen LogP contribution is 2.31. The molecular weight excluding hydrogens is 406 g/mol. The van der Waals surface area contributed by atoms with E-state index >= 15 is 0 Å². The first-order valence-electron chi connectivity index (χ1n) is 10.1. The molecule has 160 valence electrons. The van der Waals surface area contributed by atoms with Crippen molar-refractivity contribution < 1.29 is 9.47 Å². The minimum Gasteiger partial charge on any atom is -0.493 e. The number of hydrogen-bond donors (Lipinski definition) is 1. The summed E-state index contributed by atoms with van der Waals surface area (Å²) in [5.41, 5.74) is 1.60. The van der Waals surface area contributed by atoms with Crippen LogP contribution in [0.2, 0.25) is 0 Å². The van der Waals surface area contributed by atoms with E-state index in [0.29, 0.717) is 40.8 Å². The van der Waals surface area contributed by atoms with Crippen molar-refractivity contribution in [3.63, 3.8) is 0 Å². The Morgan fingerprint density at radius 2 is 1.62 bits per heavy atom. The van der Waals surface area contributed by atoms with Gasteiger partial charge in [0, 0.05) is 12.7 Å². The van der Waals surface area contributed by atoms with Gasteiger partial charge in [-0.2, -0.15) is 0 Å². The molecule has 0 amide bonds. The van der Waals surface area contributed by atoms with Gasteiger partial charge in [-0.05, 0) is 48.5 Å². The quantitative estimate of drug-likeness (QED) is 0.441. The average molecular weight is 427 g/mol. The number of benzene rings is 3. The Balaban J connectivity index is 1.38. The molecule has 8 heteroatoms. The third kappa shape index (κ3) is 3.41. The van der Waals surface area contributed by atoms with Gasteiger partial charge in [-0.1, -0.05) is 24.3 Å². The number of aryl methyl sites for hydroxylation is 1. The molecule has 0 aliphatic rings. The maximum atomic E-state index is 12.6. The van der Waals surface area contributed by atoms with E-state index in [1.54, 1.807) is 14.2 Å². The van der Waals surface area contributed by atoms with Crippen LogP contribution in [-0.2, 0) is 13.6 Å². The smallest absolute Gasteiger partial charge is 0.262 e. The molecule has 0 saturated carbocycles. The first-order valence-corrected chi connectivity index (χ1v) is 10.1. The third-order valence-corrected chi connectivity index (χ3v) is 5.29. The van der Waals surface area contributed by atoms with Crippen LogP contribution >= 0.6 is 0 Å². The lowest BCUT2D eigenvalue weighted by Crippen LogP contribution is -2.20. The number of hydrogen-bond acceptors (Lipinski definition) is 6. The second-order valence-electron chi connectivity index (χ2n) is 7.26. The van der Waals surface area contributed by atoms with Crippen LogP contribution in [0, 0.1) is 0 Å². The number of aromatic nitrogens is 4. The summed E-state index contributed by atoms with van der Waals surface area (Å²) in [5, 5.41) is 12.5. The van der Waals surface area contributed by atoms with Gasteiger partial charge >= 0.3 is 0 Å². The van der Waals surface area contributed by atoms with E-state index in [1.165, 1.54) is 4.57 Å². The van der Waals surface area contributed by atoms with Crippen molar-refractivity contribution in [3.8, 4) is 17.2 Å². The maximum Gasteiger partial charge on any atom is 0.262 e. The van der Waals surface area contributed by atoms with Crippen molar-refractivity contribution >= 4 is 22.4 Å². The fraction of sp³-hybridized carbons (Fsp3) is 0.125. The monoisotopic (exact) mass is 427 g/mol. The summed E-state index contributed by atoms with van der Waals surface area (Å²) in [6.45, 7) is 0.441. The average Bonchev–Trinajstić information content (AvgIpc) is 3.27. The van der Waals surface area contributed by atoms with Crippen molar-refractivity contribution in [1.82, 2.24) is 19.2 Å². The number of nitrogens with one attached hydrogen (secondary N) is 1. The molecule has 0 atom stereocenters. The van der Waals surface area contributed by atoms with Gasteiger partial charge in [0.05, 0.1) is 24.6 Å². The number of rotatable bonds is 6. The maximum absolute atomic E-state index is 12.6. The summed E-state index contributed by atoms with van der Waals surface area (Å²) < 4.78 is 14.7. The molecule has 2 heterocycles. The van der Waals surface area contributed by atoms with Crippen LogP contribution in [0.25, 0.3) is 16.7 Å². The minimum absolute atomic E-state index is 0.0920. The van der Waals surface area contributed by atoms with Crippen molar-refractivity contribution in [2.45, 2.75) is 6.54 Å². The van der Waals surface area contributed by atoms with Crippen LogP contribution in [0.3, 0.4) is 0 Å². The number of para-hydroxylation sites is 3. The number of fused-ring (bicyclic) bond motifs is 3. The topological polar surface area (TPSA) is 82.7 Å². The summed E-state index contributed by atoms with van der Waals surface area (Å²) in [5.74, 6) is 3.25. The second-order valence-corrected chi connectivity index (χ2v) is 7.26. The molecule has 1 N–H and O–H groups in total. The predicted octanol–water partition coefficient (Wildman–Crippen LogP) is 3.99. The Morgan fingerprint density at radius 1 is 0.906 bits per heavy atom. The normalized spacial score (nSPS) is 11.1. The molecule has 0 fully saturated rings. The molecule has 0 saturated heterocycles. The van der Waals surface area contributed by atoms with Crippen LogP contribution in [0.15, 0.2) is 77.6 Å². The largest absolute Gasteiger partial charge is 0.493 e. The molecule has 0 aliphatic heterocycles. The van der Waals surface area contributed by atoms with Crippen LogP contribution < -0.4 is 20.3 Å². The predicted molar refractivity (Wildman–Crippen MR) is 123 cm³/mol. The highest BCUT2D eigenvalue weighted by Gasteiger charge is 2.14. The zero-order chi connectivity index (χ0) is 22.1. The lowest BCUT2D eigenvalue weighted by molar-refractivity contribution is 0.379. The van der Waals surface area contributed by atoms with Crippen LogP contribution in [0.1, 0.15) is 5.82 Å². The van der Waals surface area contributed by atoms with E-state index in [2.05, 4.69) is 15.5 Å². The summed E-state index contributed by atoms with van der Waals surface area (Å²) in [4.78, 5) is 12.6. The zero-order valence-electron chi connectivity index (χ0n) is 17.6. The van der Waals surface area contributed by atoms with Crippen molar-refractivity contribution in [1.29, 1.82) is 0 Å². The molecule has 32 heavy (non-hydrogen) atoms. The number of methoxy groups -OCH3 is 1. The van der Waals surface area contributed by atoms with Crippen LogP contribution in [-0.4, -0.2) is 26.3 Å². The Labute approximate surface area is 183 Å². The van der Waals surface area contributed by atoms with Gasteiger partial charge in [-0.15, -0.1) is 10.2 Å². The molecule has 3 aromatic carbocycles. The number of nitrogens with zero attached hydrogens (tertiary/aromatic N) is 4. The van der Waals surface area contributed by atoms with Gasteiger partial charge in [0.1, 0.15) is 5.75 Å². The van der Waals surface area contributed by atoms with Gasteiger partial charge < -0.3 is 14.8 Å². The molecule has 0 bridgehead atoms. The molecule has 0 spiro atoms. The number of anilines is 1. The second kappa shape index (κ2) is 8.07. The first kappa shape index (κ1) is 19.6. The van der Waals surface area contributed by atoms with Gasteiger partial charge in [0.25, 0.3) is 5.56 Å². The van der Waals surface area contributed by atoms with Gasteiger partial charge in [0.2, 0.25) is 5.78 Å². The Kier molecular flexibility index (Phi) is 4.95. The molecule has 8 nitrogen and oxygen atoms in total. The molecule has 0 aliphatic carbocycles. The lowest BCUT2D eigenvalue weighted by Gasteiger charge is -2.11.